The summed E-state index contributed by atoms with van der Waals surface area (Å²) < 4.78 is 0. The Morgan fingerprint density at radius 1 is 1.25 bits per heavy atom. The fraction of sp³-hybridized carbons (Fsp3) is 1.00. The first-order valence-electron chi connectivity index (χ1n) is 5.21. The average molecular weight is 170 g/mol. The molecule has 12 heavy (non-hydrogen) atoms. The lowest BCUT2D eigenvalue weighted by Crippen LogP contribution is -2.40. The van der Waals surface area contributed by atoms with Gasteiger partial charge in [0.05, 0.1) is 0 Å². The summed E-state index contributed by atoms with van der Waals surface area (Å²) in [6, 6.07) is 2.12. The molecule has 0 saturated heterocycles. The molecule has 72 valence electrons. The molecule has 2 unspecified atom stereocenters. The highest BCUT2D eigenvalue weighted by Gasteiger charge is 2.22. The third-order valence-electron chi connectivity index (χ3n) is 2.48. The van der Waals surface area contributed by atoms with Crippen molar-refractivity contribution in [1.82, 2.24) is 10.6 Å². The van der Waals surface area contributed by atoms with Crippen molar-refractivity contribution >= 4 is 0 Å². The average Bonchev–Trinajstić information content (AvgIpc) is 2.84. The zero-order chi connectivity index (χ0) is 8.97. The fourth-order valence-electron chi connectivity index (χ4n) is 1.23. The monoisotopic (exact) mass is 170 g/mol. The Kier molecular flexibility index (Phi) is 4.02. The molecule has 2 atom stereocenters. The van der Waals surface area contributed by atoms with Crippen molar-refractivity contribution in [3.05, 3.63) is 0 Å². The summed E-state index contributed by atoms with van der Waals surface area (Å²) in [6.07, 6.45) is 3.98. The van der Waals surface area contributed by atoms with Gasteiger partial charge < -0.3 is 10.6 Å². The summed E-state index contributed by atoms with van der Waals surface area (Å²) in [5.41, 5.74) is 0. The Bertz CT molecular complexity index is 121. The molecule has 0 heterocycles. The number of rotatable bonds is 6. The van der Waals surface area contributed by atoms with Crippen LogP contribution in [0.4, 0.5) is 0 Å². The molecule has 0 aromatic rings. The van der Waals surface area contributed by atoms with E-state index in [9.17, 15) is 0 Å². The summed E-state index contributed by atoms with van der Waals surface area (Å²) >= 11 is 0. The Labute approximate surface area is 76.1 Å². The molecule has 1 saturated carbocycles. The molecule has 0 spiro atoms. The fourth-order valence-corrected chi connectivity index (χ4v) is 1.23. The van der Waals surface area contributed by atoms with Crippen molar-refractivity contribution in [1.29, 1.82) is 0 Å². The summed E-state index contributed by atoms with van der Waals surface area (Å²) in [5, 5.41) is 7.07. The van der Waals surface area contributed by atoms with Gasteiger partial charge in [0, 0.05) is 24.7 Å². The molecule has 0 aromatic heterocycles. The topological polar surface area (TPSA) is 24.1 Å². The van der Waals surface area contributed by atoms with Gasteiger partial charge in [-0.15, -0.1) is 0 Å². The highest BCUT2D eigenvalue weighted by atomic mass is 15.0. The van der Waals surface area contributed by atoms with Gasteiger partial charge in [-0.2, -0.15) is 0 Å². The van der Waals surface area contributed by atoms with Gasteiger partial charge in [-0.05, 0) is 33.1 Å². The van der Waals surface area contributed by atoms with Crippen LogP contribution in [-0.4, -0.2) is 24.7 Å². The summed E-state index contributed by atoms with van der Waals surface area (Å²) in [7, 11) is 0. The quantitative estimate of drug-likeness (QED) is 0.631. The second-order valence-electron chi connectivity index (χ2n) is 4.06. The van der Waals surface area contributed by atoms with Gasteiger partial charge >= 0.3 is 0 Å². The van der Waals surface area contributed by atoms with Crippen molar-refractivity contribution in [2.75, 3.05) is 6.54 Å². The number of hydrogen-bond acceptors (Lipinski definition) is 2. The van der Waals surface area contributed by atoms with Crippen LogP contribution in [-0.2, 0) is 0 Å². The van der Waals surface area contributed by atoms with E-state index in [1.165, 1.54) is 19.3 Å². The van der Waals surface area contributed by atoms with Crippen LogP contribution in [0.3, 0.4) is 0 Å². The zero-order valence-corrected chi connectivity index (χ0v) is 8.56. The first-order chi connectivity index (χ1) is 5.72. The van der Waals surface area contributed by atoms with E-state index in [1.807, 2.05) is 0 Å². The lowest BCUT2D eigenvalue weighted by Gasteiger charge is -2.17. The first-order valence-corrected chi connectivity index (χ1v) is 5.21. The molecule has 0 radical (unpaired) electrons. The summed E-state index contributed by atoms with van der Waals surface area (Å²) in [5.74, 6) is 0. The maximum absolute atomic E-state index is 3.57. The first kappa shape index (κ1) is 10.0. The van der Waals surface area contributed by atoms with Crippen LogP contribution in [0.1, 0.15) is 40.0 Å². The van der Waals surface area contributed by atoms with Gasteiger partial charge in [-0.1, -0.05) is 6.92 Å². The largest absolute Gasteiger partial charge is 0.313 e. The summed E-state index contributed by atoms with van der Waals surface area (Å²) in [4.78, 5) is 0. The van der Waals surface area contributed by atoms with Crippen molar-refractivity contribution in [2.24, 2.45) is 0 Å². The van der Waals surface area contributed by atoms with E-state index in [0.29, 0.717) is 12.1 Å². The predicted molar refractivity (Wildman–Crippen MR) is 53.4 cm³/mol. The van der Waals surface area contributed by atoms with Crippen LogP contribution in [0.25, 0.3) is 0 Å². The smallest absolute Gasteiger partial charge is 0.0166 e. The lowest BCUT2D eigenvalue weighted by molar-refractivity contribution is 0.453. The molecule has 0 aromatic carbocycles. The molecule has 1 aliphatic carbocycles. The lowest BCUT2D eigenvalue weighted by atomic mass is 10.2. The zero-order valence-electron chi connectivity index (χ0n) is 8.56. The molecule has 2 nitrogen and oxygen atoms in total. The van der Waals surface area contributed by atoms with Gasteiger partial charge in [-0.25, -0.2) is 0 Å². The second kappa shape index (κ2) is 4.83. The van der Waals surface area contributed by atoms with Crippen LogP contribution in [0.15, 0.2) is 0 Å². The van der Waals surface area contributed by atoms with Gasteiger partial charge in [0.25, 0.3) is 0 Å². The Hall–Kier alpha value is -0.0800. The van der Waals surface area contributed by atoms with Crippen LogP contribution in [0.2, 0.25) is 0 Å². The minimum Gasteiger partial charge on any atom is -0.313 e. The molecule has 0 aliphatic heterocycles. The van der Waals surface area contributed by atoms with E-state index < -0.39 is 0 Å². The predicted octanol–water partition coefficient (Wildman–Crippen LogP) is 1.51. The molecule has 1 rings (SSSR count). The molecule has 1 fully saturated rings. The van der Waals surface area contributed by atoms with Gasteiger partial charge in [-0.3, -0.25) is 0 Å². The Morgan fingerprint density at radius 2 is 1.92 bits per heavy atom. The van der Waals surface area contributed by atoms with Crippen molar-refractivity contribution < 1.29 is 0 Å². The summed E-state index contributed by atoms with van der Waals surface area (Å²) in [6.45, 7) is 7.82. The number of hydrogen-bond donors (Lipinski definition) is 2. The van der Waals surface area contributed by atoms with Crippen LogP contribution < -0.4 is 10.6 Å². The molecule has 2 heteroatoms. The number of nitrogens with one attached hydrogen (secondary N) is 2. The van der Waals surface area contributed by atoms with Gasteiger partial charge in [0.15, 0.2) is 0 Å². The molecule has 2 N–H and O–H groups in total. The maximum atomic E-state index is 3.57. The van der Waals surface area contributed by atoms with Gasteiger partial charge in [0.1, 0.15) is 0 Å². The third kappa shape index (κ3) is 4.07. The minimum atomic E-state index is 0.631. The van der Waals surface area contributed by atoms with E-state index in [2.05, 4.69) is 31.4 Å². The van der Waals surface area contributed by atoms with Crippen molar-refractivity contribution in [3.8, 4) is 0 Å². The highest BCUT2D eigenvalue weighted by Crippen LogP contribution is 2.19. The standard InChI is InChI=1S/C10H22N2/c1-4-8(2)11-7-9(3)12-10-5-6-10/h8-12H,4-7H2,1-3H3. The minimum absolute atomic E-state index is 0.631. The van der Waals surface area contributed by atoms with E-state index in [4.69, 9.17) is 0 Å². The van der Waals surface area contributed by atoms with E-state index in [1.54, 1.807) is 0 Å². The highest BCUT2D eigenvalue weighted by molar-refractivity contribution is 4.84. The SMILES string of the molecule is CCC(C)NCC(C)NC1CC1. The van der Waals surface area contributed by atoms with E-state index >= 15 is 0 Å². The molecular formula is C10H22N2. The van der Waals surface area contributed by atoms with Crippen LogP contribution in [0.5, 0.6) is 0 Å². The van der Waals surface area contributed by atoms with E-state index in [0.717, 1.165) is 12.6 Å². The Morgan fingerprint density at radius 3 is 2.42 bits per heavy atom. The van der Waals surface area contributed by atoms with Crippen LogP contribution >= 0.6 is 0 Å². The van der Waals surface area contributed by atoms with Gasteiger partial charge in [0.2, 0.25) is 0 Å². The van der Waals surface area contributed by atoms with E-state index in [-0.39, 0.29) is 0 Å². The molecule has 0 bridgehead atoms. The van der Waals surface area contributed by atoms with Crippen molar-refractivity contribution in [3.63, 3.8) is 0 Å². The second-order valence-corrected chi connectivity index (χ2v) is 4.06. The van der Waals surface area contributed by atoms with Crippen molar-refractivity contribution in [2.45, 2.75) is 58.2 Å². The third-order valence-corrected chi connectivity index (χ3v) is 2.48. The van der Waals surface area contributed by atoms with Crippen LogP contribution in [0, 0.1) is 0 Å². The molecule has 0 amide bonds. The maximum Gasteiger partial charge on any atom is 0.0166 e. The molecular weight excluding hydrogens is 148 g/mol. The normalized spacial score (nSPS) is 22.2. The Balaban J connectivity index is 1.96. The molecule has 1 aliphatic rings.